The molecule has 1 N–H and O–H groups in total. The van der Waals surface area contributed by atoms with Crippen LogP contribution in [-0.2, 0) is 16.4 Å². The summed E-state index contributed by atoms with van der Waals surface area (Å²) < 4.78 is 29.2. The molecule has 3 aliphatic rings. The zero-order valence-electron chi connectivity index (χ0n) is 19.1. The van der Waals surface area contributed by atoms with E-state index in [1.165, 1.54) is 21.1 Å². The number of nitrogens with one attached hydrogen (secondary N) is 1. The van der Waals surface area contributed by atoms with Crippen LogP contribution in [0.2, 0.25) is 0 Å². The summed E-state index contributed by atoms with van der Waals surface area (Å²) in [6.07, 6.45) is 6.41. The van der Waals surface area contributed by atoms with Crippen LogP contribution < -0.4 is 16.1 Å². The second-order valence-electron chi connectivity index (χ2n) is 9.42. The molecule has 0 radical (unpaired) electrons. The molecule has 1 aliphatic carbocycles. The number of rotatable bonds is 4. The monoisotopic (exact) mass is 495 g/mol. The molecule has 1 aromatic carbocycles. The van der Waals surface area contributed by atoms with E-state index in [0.717, 1.165) is 37.7 Å². The molecular weight excluding hydrogens is 470 g/mol. The van der Waals surface area contributed by atoms with Crippen molar-refractivity contribution in [1.29, 1.82) is 0 Å². The normalized spacial score (nSPS) is 18.7. The van der Waals surface area contributed by atoms with E-state index in [4.69, 9.17) is 0 Å². The fourth-order valence-corrected chi connectivity index (χ4v) is 6.65. The molecule has 1 saturated heterocycles. The van der Waals surface area contributed by atoms with Crippen molar-refractivity contribution in [2.75, 3.05) is 24.5 Å². The van der Waals surface area contributed by atoms with Gasteiger partial charge < -0.3 is 4.90 Å². The molecule has 0 unspecified atom stereocenters. The number of benzene rings is 1. The van der Waals surface area contributed by atoms with Gasteiger partial charge in [-0.3, -0.25) is 19.1 Å². The second kappa shape index (κ2) is 8.13. The summed E-state index contributed by atoms with van der Waals surface area (Å²) >= 11 is 0. The van der Waals surface area contributed by atoms with Gasteiger partial charge in [0.05, 0.1) is 15.8 Å². The van der Waals surface area contributed by atoms with E-state index in [9.17, 15) is 22.8 Å². The molecular formula is C24H25N5O5S. The summed E-state index contributed by atoms with van der Waals surface area (Å²) in [7, 11) is -3.56. The molecule has 2 aromatic heterocycles. The number of carbonyl (C=O) groups excluding carboxylic acids is 1. The van der Waals surface area contributed by atoms with Gasteiger partial charge in [-0.2, -0.15) is 4.31 Å². The van der Waals surface area contributed by atoms with Crippen LogP contribution in [0.4, 0.5) is 5.69 Å². The predicted octanol–water partition coefficient (Wildman–Crippen LogP) is 1.80. The highest BCUT2D eigenvalue weighted by Gasteiger charge is 2.31. The SMILES string of the molecule is O=C(c1cnc2c(c1)c(=O)[nH]c(=O)n2C1CC1)N1CCc2cc(S(=O)(=O)N3CCCCC3)ccc21. The number of sulfonamides is 1. The summed E-state index contributed by atoms with van der Waals surface area (Å²) in [5.41, 5.74) is 0.919. The van der Waals surface area contributed by atoms with E-state index < -0.39 is 21.3 Å². The Morgan fingerprint density at radius 3 is 2.54 bits per heavy atom. The minimum absolute atomic E-state index is 0.0248. The molecule has 2 fully saturated rings. The quantitative estimate of drug-likeness (QED) is 0.588. The Balaban J connectivity index is 1.32. The van der Waals surface area contributed by atoms with Crippen molar-refractivity contribution in [3.63, 3.8) is 0 Å². The van der Waals surface area contributed by atoms with Crippen molar-refractivity contribution < 1.29 is 13.2 Å². The van der Waals surface area contributed by atoms with Gasteiger partial charge in [0.15, 0.2) is 0 Å². The molecule has 1 amide bonds. The number of piperidine rings is 1. The van der Waals surface area contributed by atoms with Crippen LogP contribution in [0.5, 0.6) is 0 Å². The molecule has 1 saturated carbocycles. The van der Waals surface area contributed by atoms with Crippen LogP contribution in [-0.4, -0.2) is 52.8 Å². The van der Waals surface area contributed by atoms with Gasteiger partial charge in [0, 0.05) is 37.6 Å². The van der Waals surface area contributed by atoms with Crippen LogP contribution in [0.1, 0.15) is 54.1 Å². The Labute approximate surface area is 201 Å². The summed E-state index contributed by atoms with van der Waals surface area (Å²) in [5, 5.41) is 0.199. The van der Waals surface area contributed by atoms with Crippen molar-refractivity contribution in [2.45, 2.75) is 49.5 Å². The smallest absolute Gasteiger partial charge is 0.308 e. The van der Waals surface area contributed by atoms with E-state index in [0.29, 0.717) is 31.7 Å². The Kier molecular flexibility index (Phi) is 5.15. The third-order valence-electron chi connectivity index (χ3n) is 7.08. The molecule has 0 bridgehead atoms. The molecule has 3 aromatic rings. The number of H-pyrrole nitrogens is 1. The third-order valence-corrected chi connectivity index (χ3v) is 8.98. The largest absolute Gasteiger partial charge is 0.330 e. The molecule has 0 spiro atoms. The van der Waals surface area contributed by atoms with E-state index in [1.54, 1.807) is 23.1 Å². The van der Waals surface area contributed by atoms with Crippen LogP contribution in [0, 0.1) is 0 Å². The molecule has 4 heterocycles. The van der Waals surface area contributed by atoms with Gasteiger partial charge in [-0.25, -0.2) is 18.2 Å². The van der Waals surface area contributed by atoms with Crippen molar-refractivity contribution in [3.8, 4) is 0 Å². The lowest BCUT2D eigenvalue weighted by molar-refractivity contribution is 0.0989. The molecule has 182 valence electrons. The maximum atomic E-state index is 13.4. The fraction of sp³-hybridized carbons (Fsp3) is 0.417. The maximum absolute atomic E-state index is 13.4. The Hall–Kier alpha value is -3.31. The number of nitrogens with zero attached hydrogens (tertiary/aromatic N) is 4. The zero-order chi connectivity index (χ0) is 24.3. The highest BCUT2D eigenvalue weighted by Crippen LogP contribution is 2.35. The molecule has 11 heteroatoms. The van der Waals surface area contributed by atoms with Gasteiger partial charge in [-0.15, -0.1) is 0 Å². The van der Waals surface area contributed by atoms with Gasteiger partial charge in [0.2, 0.25) is 10.0 Å². The molecule has 2 aliphatic heterocycles. The first kappa shape index (κ1) is 22.2. The van der Waals surface area contributed by atoms with Gasteiger partial charge in [0.25, 0.3) is 11.5 Å². The van der Waals surface area contributed by atoms with Gasteiger partial charge in [0.1, 0.15) is 5.65 Å². The fourth-order valence-electron chi connectivity index (χ4n) is 5.09. The first-order valence-electron chi connectivity index (χ1n) is 11.9. The molecule has 0 atom stereocenters. The summed E-state index contributed by atoms with van der Waals surface area (Å²) in [5.74, 6) is -0.326. The standard InChI is InChI=1S/C24H25N5O5S/c30-22-19-13-16(14-25-21(19)29(17-4-5-17)24(32)26-22)23(31)28-11-8-15-12-18(6-7-20(15)28)35(33,34)27-9-2-1-3-10-27/h6-7,12-14,17H,1-5,8-11H2,(H,26,30,32). The van der Waals surface area contributed by atoms with E-state index in [-0.39, 0.29) is 33.4 Å². The lowest BCUT2D eigenvalue weighted by Gasteiger charge is -2.26. The van der Waals surface area contributed by atoms with Crippen LogP contribution in [0.15, 0.2) is 44.9 Å². The highest BCUT2D eigenvalue weighted by atomic mass is 32.2. The molecule has 10 nitrogen and oxygen atoms in total. The van der Waals surface area contributed by atoms with E-state index in [2.05, 4.69) is 9.97 Å². The number of pyridine rings is 1. The van der Waals surface area contributed by atoms with Gasteiger partial charge in [-0.1, -0.05) is 6.42 Å². The number of hydrogen-bond acceptors (Lipinski definition) is 6. The van der Waals surface area contributed by atoms with Crippen LogP contribution >= 0.6 is 0 Å². The molecule has 35 heavy (non-hydrogen) atoms. The molecule has 6 rings (SSSR count). The van der Waals surface area contributed by atoms with Crippen molar-refractivity contribution in [1.82, 2.24) is 18.8 Å². The topological polar surface area (TPSA) is 125 Å². The number of aromatic nitrogens is 3. The van der Waals surface area contributed by atoms with Crippen molar-refractivity contribution in [2.24, 2.45) is 0 Å². The Morgan fingerprint density at radius 2 is 1.80 bits per heavy atom. The van der Waals surface area contributed by atoms with Crippen LogP contribution in [0.25, 0.3) is 11.0 Å². The number of anilines is 1. The summed E-state index contributed by atoms with van der Waals surface area (Å²) in [4.78, 5) is 46.6. The van der Waals surface area contributed by atoms with E-state index in [1.807, 2.05) is 0 Å². The second-order valence-corrected chi connectivity index (χ2v) is 11.4. The predicted molar refractivity (Wildman–Crippen MR) is 129 cm³/mol. The average Bonchev–Trinajstić information content (AvgIpc) is 3.61. The van der Waals surface area contributed by atoms with Crippen molar-refractivity contribution in [3.05, 3.63) is 62.4 Å². The van der Waals surface area contributed by atoms with Gasteiger partial charge in [-0.05, 0) is 61.9 Å². The number of aromatic amines is 1. The van der Waals surface area contributed by atoms with E-state index >= 15 is 0 Å². The zero-order valence-corrected chi connectivity index (χ0v) is 19.9. The number of hydrogen-bond donors (Lipinski definition) is 1. The minimum Gasteiger partial charge on any atom is -0.308 e. The Bertz CT molecular complexity index is 1580. The highest BCUT2D eigenvalue weighted by molar-refractivity contribution is 7.89. The maximum Gasteiger partial charge on any atom is 0.330 e. The van der Waals surface area contributed by atoms with Crippen LogP contribution in [0.3, 0.4) is 0 Å². The number of carbonyl (C=O) groups is 1. The third kappa shape index (κ3) is 3.69. The van der Waals surface area contributed by atoms with Gasteiger partial charge >= 0.3 is 5.69 Å². The minimum atomic E-state index is -3.56. The van der Waals surface area contributed by atoms with Crippen molar-refractivity contribution >= 4 is 32.7 Å². The number of fused-ring (bicyclic) bond motifs is 2. The number of amides is 1. The lowest BCUT2D eigenvalue weighted by Crippen LogP contribution is -2.35. The first-order chi connectivity index (χ1) is 16.8. The lowest BCUT2D eigenvalue weighted by atomic mass is 10.1. The average molecular weight is 496 g/mol. The summed E-state index contributed by atoms with van der Waals surface area (Å²) in [6, 6.07) is 6.42. The Morgan fingerprint density at radius 1 is 1.03 bits per heavy atom. The first-order valence-corrected chi connectivity index (χ1v) is 13.4. The summed E-state index contributed by atoms with van der Waals surface area (Å²) in [6.45, 7) is 1.47.